The smallest absolute Gasteiger partial charge is 0.146 e. The molecule has 0 aromatic heterocycles. The fourth-order valence-corrected chi connectivity index (χ4v) is 0.908. The van der Waals surface area contributed by atoms with Crippen molar-refractivity contribution < 1.29 is 19.3 Å². The Morgan fingerprint density at radius 1 is 1.60 bits per heavy atom. The summed E-state index contributed by atoms with van der Waals surface area (Å²) in [7, 11) is 5.07. The molecule has 3 nitrogen and oxygen atoms in total. The standard InChI is InChI=1S/C5H8BFO3/c6-5-3(7)4(9)2(1-8)10-5/h2-5,8-9H,1H2/t2-,3+,4?,5-/m0/s1. The number of halogens is 1. The van der Waals surface area contributed by atoms with Gasteiger partial charge in [-0.05, 0) is 0 Å². The molecule has 1 fully saturated rings. The van der Waals surface area contributed by atoms with Crippen LogP contribution in [0.1, 0.15) is 0 Å². The van der Waals surface area contributed by atoms with Gasteiger partial charge in [-0.15, -0.1) is 0 Å². The van der Waals surface area contributed by atoms with Gasteiger partial charge in [-0.25, -0.2) is 4.39 Å². The highest BCUT2D eigenvalue weighted by atomic mass is 19.1. The molecule has 1 heterocycles. The predicted molar refractivity (Wildman–Crippen MR) is 32.4 cm³/mol. The summed E-state index contributed by atoms with van der Waals surface area (Å²) in [4.78, 5) is 0. The van der Waals surface area contributed by atoms with Gasteiger partial charge in [0.2, 0.25) is 0 Å². The van der Waals surface area contributed by atoms with Gasteiger partial charge >= 0.3 is 0 Å². The van der Waals surface area contributed by atoms with Gasteiger partial charge < -0.3 is 14.9 Å². The van der Waals surface area contributed by atoms with E-state index in [-0.39, 0.29) is 0 Å². The molecule has 10 heavy (non-hydrogen) atoms. The van der Waals surface area contributed by atoms with Gasteiger partial charge in [-0.1, -0.05) is 0 Å². The van der Waals surface area contributed by atoms with Gasteiger partial charge in [0.15, 0.2) is 0 Å². The number of rotatable bonds is 1. The molecule has 1 unspecified atom stereocenters. The van der Waals surface area contributed by atoms with Crippen molar-refractivity contribution in [3.05, 3.63) is 0 Å². The summed E-state index contributed by atoms with van der Waals surface area (Å²) in [5, 5.41) is 17.4. The van der Waals surface area contributed by atoms with E-state index in [1.54, 1.807) is 0 Å². The van der Waals surface area contributed by atoms with E-state index in [0.29, 0.717) is 0 Å². The average Bonchev–Trinajstić information content (AvgIpc) is 2.17. The molecule has 0 aromatic carbocycles. The highest BCUT2D eigenvalue weighted by Gasteiger charge is 2.40. The third kappa shape index (κ3) is 1.16. The second-order valence-corrected chi connectivity index (χ2v) is 2.26. The van der Waals surface area contributed by atoms with Crippen LogP contribution >= 0.6 is 0 Å². The Kier molecular flexibility index (Phi) is 2.28. The third-order valence-electron chi connectivity index (χ3n) is 1.53. The second-order valence-electron chi connectivity index (χ2n) is 2.26. The van der Waals surface area contributed by atoms with Gasteiger partial charge in [0.25, 0.3) is 0 Å². The van der Waals surface area contributed by atoms with Crippen LogP contribution in [0.3, 0.4) is 0 Å². The first-order valence-electron chi connectivity index (χ1n) is 3.01. The van der Waals surface area contributed by atoms with E-state index < -0.39 is 31.0 Å². The minimum atomic E-state index is -1.59. The maximum atomic E-state index is 12.5. The molecule has 0 aliphatic carbocycles. The minimum Gasteiger partial charge on any atom is -0.394 e. The lowest BCUT2D eigenvalue weighted by Gasteiger charge is -2.09. The van der Waals surface area contributed by atoms with E-state index in [1.807, 2.05) is 0 Å². The topological polar surface area (TPSA) is 49.7 Å². The average molecular weight is 146 g/mol. The second kappa shape index (κ2) is 2.86. The van der Waals surface area contributed by atoms with Crippen molar-refractivity contribution in [2.45, 2.75) is 24.4 Å². The molecule has 4 atom stereocenters. The molecule has 2 N–H and O–H groups in total. The van der Waals surface area contributed by atoms with Crippen LogP contribution in [-0.4, -0.2) is 49.0 Å². The molecule has 0 aromatic rings. The van der Waals surface area contributed by atoms with E-state index >= 15 is 0 Å². The van der Waals surface area contributed by atoms with Crippen LogP contribution in [-0.2, 0) is 4.74 Å². The summed E-state index contributed by atoms with van der Waals surface area (Å²) in [5.74, 6) is 0. The quantitative estimate of drug-likeness (QED) is 0.446. The Hall–Kier alpha value is -0.125. The maximum Gasteiger partial charge on any atom is 0.146 e. The monoisotopic (exact) mass is 146 g/mol. The number of alkyl halides is 1. The summed E-state index contributed by atoms with van der Waals surface area (Å²) in [6.07, 6.45) is -3.75. The summed E-state index contributed by atoms with van der Waals surface area (Å²) >= 11 is 0. The van der Waals surface area contributed by atoms with E-state index in [0.717, 1.165) is 0 Å². The van der Waals surface area contributed by atoms with Gasteiger partial charge in [-0.3, -0.25) is 0 Å². The van der Waals surface area contributed by atoms with Crippen LogP contribution in [0.25, 0.3) is 0 Å². The van der Waals surface area contributed by atoms with Crippen LogP contribution in [0.5, 0.6) is 0 Å². The lowest BCUT2D eigenvalue weighted by Crippen LogP contribution is -2.30. The van der Waals surface area contributed by atoms with Gasteiger partial charge in [0.05, 0.1) is 12.6 Å². The lowest BCUT2D eigenvalue weighted by molar-refractivity contribution is -0.00566. The van der Waals surface area contributed by atoms with Crippen LogP contribution in [0.2, 0.25) is 0 Å². The molecule has 1 saturated heterocycles. The fourth-order valence-electron chi connectivity index (χ4n) is 0.908. The molecule has 1 aliphatic rings. The molecular weight excluding hydrogens is 138 g/mol. The van der Waals surface area contributed by atoms with E-state index in [2.05, 4.69) is 4.74 Å². The van der Waals surface area contributed by atoms with Crippen LogP contribution < -0.4 is 0 Å². The SMILES string of the molecule is [B][C@H]1O[C@@H](CO)C(O)[C@H]1F. The van der Waals surface area contributed by atoms with Gasteiger partial charge in [-0.2, -0.15) is 0 Å². The normalized spacial score (nSPS) is 47.9. The molecule has 0 bridgehead atoms. The largest absolute Gasteiger partial charge is 0.394 e. The maximum absolute atomic E-state index is 12.5. The molecule has 5 heteroatoms. The summed E-state index contributed by atoms with van der Waals surface area (Å²) in [6, 6.07) is -1.10. The summed E-state index contributed by atoms with van der Waals surface area (Å²) < 4.78 is 17.2. The third-order valence-corrected chi connectivity index (χ3v) is 1.53. The summed E-state index contributed by atoms with van der Waals surface area (Å²) in [5.41, 5.74) is 0. The fraction of sp³-hybridized carbons (Fsp3) is 1.00. The molecule has 56 valence electrons. The zero-order valence-electron chi connectivity index (χ0n) is 5.27. The van der Waals surface area contributed by atoms with Crippen LogP contribution in [0, 0.1) is 0 Å². The first kappa shape index (κ1) is 7.98. The van der Waals surface area contributed by atoms with E-state index in [1.165, 1.54) is 0 Å². The van der Waals surface area contributed by atoms with Crippen molar-refractivity contribution in [2.75, 3.05) is 6.61 Å². The molecule has 0 spiro atoms. The first-order chi connectivity index (χ1) is 4.66. The number of hydrogen-bond acceptors (Lipinski definition) is 3. The Balaban J connectivity index is 2.53. The van der Waals surface area contributed by atoms with Crippen molar-refractivity contribution in [3.8, 4) is 0 Å². The highest BCUT2D eigenvalue weighted by molar-refractivity contribution is 6.11. The number of aliphatic hydroxyl groups is 2. The molecule has 0 saturated carbocycles. The van der Waals surface area contributed by atoms with Crippen molar-refractivity contribution in [1.29, 1.82) is 0 Å². The zero-order valence-corrected chi connectivity index (χ0v) is 5.27. The number of hydrogen-bond donors (Lipinski definition) is 2. The lowest BCUT2D eigenvalue weighted by atomic mass is 9.94. The van der Waals surface area contributed by atoms with Crippen molar-refractivity contribution in [3.63, 3.8) is 0 Å². The molecule has 0 amide bonds. The Bertz CT molecular complexity index is 123. The molecule has 2 radical (unpaired) electrons. The number of ether oxygens (including phenoxy) is 1. The Morgan fingerprint density at radius 3 is 2.40 bits per heavy atom. The molecular formula is C5H8BFO3. The minimum absolute atomic E-state index is 0.407. The van der Waals surface area contributed by atoms with Crippen LogP contribution in [0.4, 0.5) is 4.39 Å². The zero-order chi connectivity index (χ0) is 7.72. The number of aliphatic hydroxyl groups excluding tert-OH is 2. The van der Waals surface area contributed by atoms with Gasteiger partial charge in [0.1, 0.15) is 26.2 Å². The van der Waals surface area contributed by atoms with Gasteiger partial charge in [0, 0.05) is 0 Å². The predicted octanol–water partition coefficient (Wildman–Crippen LogP) is -1.43. The molecule has 1 aliphatic heterocycles. The van der Waals surface area contributed by atoms with Crippen molar-refractivity contribution >= 4 is 7.85 Å². The Labute approximate surface area is 59.2 Å². The molecule has 1 rings (SSSR count). The van der Waals surface area contributed by atoms with E-state index in [4.69, 9.17) is 18.1 Å². The van der Waals surface area contributed by atoms with Crippen LogP contribution in [0.15, 0.2) is 0 Å². The van der Waals surface area contributed by atoms with E-state index in [9.17, 15) is 4.39 Å². The van der Waals surface area contributed by atoms with Crippen molar-refractivity contribution in [2.24, 2.45) is 0 Å². The first-order valence-corrected chi connectivity index (χ1v) is 3.01. The summed E-state index contributed by atoms with van der Waals surface area (Å²) in [6.45, 7) is -0.407. The Morgan fingerprint density at radius 2 is 2.20 bits per heavy atom. The highest BCUT2D eigenvalue weighted by Crippen LogP contribution is 2.21. The van der Waals surface area contributed by atoms with Crippen molar-refractivity contribution in [1.82, 2.24) is 0 Å².